The average Bonchev–Trinajstić information content (AvgIpc) is 2.88. The number of aromatic amines is 1. The van der Waals surface area contributed by atoms with Gasteiger partial charge in [0.25, 0.3) is 0 Å². The van der Waals surface area contributed by atoms with Gasteiger partial charge < -0.3 is 4.90 Å². The maximum atomic E-state index is 4.57. The van der Waals surface area contributed by atoms with Gasteiger partial charge in [0.2, 0.25) is 0 Å². The van der Waals surface area contributed by atoms with Crippen molar-refractivity contribution < 1.29 is 0 Å². The van der Waals surface area contributed by atoms with Crippen LogP contribution in [0.5, 0.6) is 0 Å². The van der Waals surface area contributed by atoms with Crippen LogP contribution >= 0.6 is 0 Å². The van der Waals surface area contributed by atoms with Gasteiger partial charge in [-0.3, -0.25) is 5.10 Å². The van der Waals surface area contributed by atoms with Crippen LogP contribution in [0.15, 0.2) is 18.4 Å². The van der Waals surface area contributed by atoms with Gasteiger partial charge in [-0.1, -0.05) is 38.7 Å². The van der Waals surface area contributed by atoms with Crippen molar-refractivity contribution in [3.63, 3.8) is 0 Å². The molecule has 2 rings (SSSR count). The highest BCUT2D eigenvalue weighted by Gasteiger charge is 2.09. The predicted octanol–water partition coefficient (Wildman–Crippen LogP) is 3.16. The summed E-state index contributed by atoms with van der Waals surface area (Å²) in [4.78, 5) is 6.70. The smallest absolute Gasteiger partial charge is 0.180 e. The number of aromatic nitrogens is 3. The molecule has 0 spiro atoms. The van der Waals surface area contributed by atoms with E-state index in [9.17, 15) is 0 Å². The number of unbranched alkanes of at least 4 members (excludes halogenated alkanes) is 4. The quantitative estimate of drug-likeness (QED) is 0.766. The van der Waals surface area contributed by atoms with Gasteiger partial charge in [-0.05, 0) is 18.7 Å². The molecule has 0 atom stereocenters. The Labute approximate surface area is 115 Å². The Morgan fingerprint density at radius 2 is 2.11 bits per heavy atom. The molecule has 0 unspecified atom stereocenters. The lowest BCUT2D eigenvalue weighted by Gasteiger charge is -2.15. The summed E-state index contributed by atoms with van der Waals surface area (Å²) in [5.74, 6) is 1.84. The van der Waals surface area contributed by atoms with Gasteiger partial charge in [-0.15, -0.1) is 0 Å². The third-order valence-corrected chi connectivity index (χ3v) is 3.41. The fourth-order valence-corrected chi connectivity index (χ4v) is 2.18. The van der Waals surface area contributed by atoms with Crippen molar-refractivity contribution in [2.24, 2.45) is 0 Å². The van der Waals surface area contributed by atoms with Crippen molar-refractivity contribution in [1.29, 1.82) is 0 Å². The maximum Gasteiger partial charge on any atom is 0.180 e. The Hall–Kier alpha value is -1.58. The minimum atomic E-state index is 0.827. The van der Waals surface area contributed by atoms with E-state index in [1.54, 1.807) is 0 Å². The van der Waals surface area contributed by atoms with E-state index in [1.807, 2.05) is 0 Å². The highest BCUT2D eigenvalue weighted by atomic mass is 15.2. The van der Waals surface area contributed by atoms with Crippen LogP contribution in [0.4, 0.5) is 0 Å². The van der Waals surface area contributed by atoms with Gasteiger partial charge in [0, 0.05) is 25.6 Å². The van der Waals surface area contributed by atoms with E-state index in [1.165, 1.54) is 32.1 Å². The van der Waals surface area contributed by atoms with Crippen molar-refractivity contribution in [1.82, 2.24) is 20.1 Å². The Morgan fingerprint density at radius 3 is 2.84 bits per heavy atom. The van der Waals surface area contributed by atoms with Gasteiger partial charge >= 0.3 is 0 Å². The fraction of sp³-hybridized carbons (Fsp3) is 0.600. The second-order valence-corrected chi connectivity index (χ2v) is 5.18. The Bertz CT molecular complexity index is 445. The summed E-state index contributed by atoms with van der Waals surface area (Å²) in [6.45, 7) is 3.16. The Morgan fingerprint density at radius 1 is 1.26 bits per heavy atom. The zero-order chi connectivity index (χ0) is 13.5. The van der Waals surface area contributed by atoms with Gasteiger partial charge in [0.15, 0.2) is 5.82 Å². The first-order valence-electron chi connectivity index (χ1n) is 7.30. The summed E-state index contributed by atoms with van der Waals surface area (Å²) in [7, 11) is 2.06. The third kappa shape index (κ3) is 4.23. The summed E-state index contributed by atoms with van der Waals surface area (Å²) in [6.07, 6.45) is 13.8. The molecule has 0 bridgehead atoms. The predicted molar refractivity (Wildman–Crippen MR) is 78.6 cm³/mol. The monoisotopic (exact) mass is 260 g/mol. The van der Waals surface area contributed by atoms with Gasteiger partial charge in [0.05, 0.1) is 0 Å². The molecule has 0 radical (unpaired) electrons. The van der Waals surface area contributed by atoms with Crippen LogP contribution in [0.1, 0.15) is 50.7 Å². The number of nitrogens with zero attached hydrogens (tertiary/aromatic N) is 3. The zero-order valence-electron chi connectivity index (χ0n) is 12.0. The van der Waals surface area contributed by atoms with Crippen molar-refractivity contribution in [2.45, 2.75) is 45.4 Å². The van der Waals surface area contributed by atoms with Crippen LogP contribution in [-0.4, -0.2) is 33.7 Å². The van der Waals surface area contributed by atoms with E-state index in [4.69, 9.17) is 0 Å². The Balaban J connectivity index is 1.81. The topological polar surface area (TPSA) is 44.8 Å². The Kier molecular flexibility index (Phi) is 5.19. The molecule has 0 aliphatic carbocycles. The standard InChI is InChI=1S/C15H24N4/c1-3-4-5-6-7-8-14-16-15(18-17-14)13-9-11-19(2)12-10-13/h9-11H,3-8,12H2,1-2H3,(H,16,17,18). The number of H-pyrrole nitrogens is 1. The second-order valence-electron chi connectivity index (χ2n) is 5.18. The lowest BCUT2D eigenvalue weighted by Crippen LogP contribution is -2.13. The lowest BCUT2D eigenvalue weighted by atomic mass is 10.1. The number of likely N-dealkylation sites (N-methyl/N-ethyl adjacent to an activating group) is 1. The van der Waals surface area contributed by atoms with Crippen LogP contribution in [0.3, 0.4) is 0 Å². The molecule has 0 saturated carbocycles. The van der Waals surface area contributed by atoms with E-state index in [-0.39, 0.29) is 0 Å². The number of allylic oxidation sites excluding steroid dienone is 2. The second kappa shape index (κ2) is 7.12. The van der Waals surface area contributed by atoms with Crippen LogP contribution in [-0.2, 0) is 6.42 Å². The third-order valence-electron chi connectivity index (χ3n) is 3.41. The SMILES string of the molecule is CCCCCCCc1nc(C2=CCN(C)C=C2)n[nH]1. The van der Waals surface area contributed by atoms with Crippen LogP contribution in [0.2, 0.25) is 0 Å². The molecule has 0 saturated heterocycles. The number of hydrogen-bond donors (Lipinski definition) is 1. The zero-order valence-corrected chi connectivity index (χ0v) is 12.0. The summed E-state index contributed by atoms with van der Waals surface area (Å²) < 4.78 is 0. The fourth-order valence-electron chi connectivity index (χ4n) is 2.18. The molecule has 19 heavy (non-hydrogen) atoms. The van der Waals surface area contributed by atoms with E-state index in [0.717, 1.165) is 30.2 Å². The molecular weight excluding hydrogens is 236 g/mol. The molecule has 1 N–H and O–H groups in total. The van der Waals surface area contributed by atoms with Gasteiger partial charge in [-0.2, -0.15) is 5.10 Å². The summed E-state index contributed by atoms with van der Waals surface area (Å²) in [5.41, 5.74) is 1.12. The minimum absolute atomic E-state index is 0.827. The largest absolute Gasteiger partial charge is 0.377 e. The molecule has 0 amide bonds. The summed E-state index contributed by atoms with van der Waals surface area (Å²) in [5, 5.41) is 7.36. The molecule has 4 heteroatoms. The number of rotatable bonds is 7. The van der Waals surface area contributed by atoms with Crippen molar-refractivity contribution in [3.8, 4) is 0 Å². The molecule has 4 nitrogen and oxygen atoms in total. The van der Waals surface area contributed by atoms with Crippen LogP contribution in [0, 0.1) is 0 Å². The maximum absolute atomic E-state index is 4.57. The number of nitrogens with one attached hydrogen (secondary N) is 1. The first-order chi connectivity index (χ1) is 9.29. The highest BCUT2D eigenvalue weighted by molar-refractivity contribution is 5.70. The molecule has 1 aliphatic heterocycles. The average molecular weight is 260 g/mol. The molecule has 1 aliphatic rings. The molecule has 0 aromatic carbocycles. The van der Waals surface area contributed by atoms with E-state index in [0.29, 0.717) is 0 Å². The van der Waals surface area contributed by atoms with Crippen molar-refractivity contribution in [2.75, 3.05) is 13.6 Å². The number of aryl methyl sites for hydroxylation is 1. The molecule has 104 valence electrons. The van der Waals surface area contributed by atoms with Crippen LogP contribution < -0.4 is 0 Å². The van der Waals surface area contributed by atoms with Gasteiger partial charge in [-0.25, -0.2) is 4.98 Å². The van der Waals surface area contributed by atoms with E-state index < -0.39 is 0 Å². The van der Waals surface area contributed by atoms with E-state index in [2.05, 4.69) is 52.4 Å². The van der Waals surface area contributed by atoms with Crippen molar-refractivity contribution >= 4 is 5.57 Å². The van der Waals surface area contributed by atoms with E-state index >= 15 is 0 Å². The lowest BCUT2D eigenvalue weighted by molar-refractivity contribution is 0.506. The highest BCUT2D eigenvalue weighted by Crippen LogP contribution is 2.15. The first-order valence-corrected chi connectivity index (χ1v) is 7.30. The first kappa shape index (κ1) is 13.8. The number of hydrogen-bond acceptors (Lipinski definition) is 3. The minimum Gasteiger partial charge on any atom is -0.377 e. The van der Waals surface area contributed by atoms with Crippen molar-refractivity contribution in [3.05, 3.63) is 30.0 Å². The molecule has 0 fully saturated rings. The normalized spacial score (nSPS) is 14.8. The summed E-state index contributed by atoms with van der Waals surface area (Å²) >= 11 is 0. The molecular formula is C15H24N4. The summed E-state index contributed by atoms with van der Waals surface area (Å²) in [6, 6.07) is 0. The molecule has 1 aromatic heterocycles. The molecule has 1 aromatic rings. The van der Waals surface area contributed by atoms with Crippen LogP contribution in [0.25, 0.3) is 5.57 Å². The van der Waals surface area contributed by atoms with Gasteiger partial charge in [0.1, 0.15) is 5.82 Å². The molecule has 2 heterocycles.